The molecule has 0 N–H and O–H groups in total. The molecule has 0 radical (unpaired) electrons. The van der Waals surface area contributed by atoms with Crippen LogP contribution in [0.25, 0.3) is 11.1 Å². The van der Waals surface area contributed by atoms with E-state index in [9.17, 15) is 4.39 Å². The van der Waals surface area contributed by atoms with Gasteiger partial charge in [-0.2, -0.15) is 5.10 Å². The first-order chi connectivity index (χ1) is 14.5. The molecule has 7 heteroatoms. The van der Waals surface area contributed by atoms with Crippen molar-refractivity contribution in [3.8, 4) is 11.1 Å². The van der Waals surface area contributed by atoms with E-state index in [1.165, 1.54) is 17.3 Å². The number of halogens is 1. The Morgan fingerprint density at radius 1 is 1.23 bits per heavy atom. The van der Waals surface area contributed by atoms with Crippen LogP contribution in [0.15, 0.2) is 36.7 Å². The van der Waals surface area contributed by atoms with E-state index in [1.807, 2.05) is 42.1 Å². The molecule has 3 aromatic rings. The van der Waals surface area contributed by atoms with Gasteiger partial charge in [0.1, 0.15) is 5.82 Å². The molecule has 1 aromatic carbocycles. The second-order valence-corrected chi connectivity index (χ2v) is 8.07. The van der Waals surface area contributed by atoms with Gasteiger partial charge in [-0.25, -0.2) is 14.4 Å². The van der Waals surface area contributed by atoms with Crippen LogP contribution >= 0.6 is 0 Å². The molecular weight excluding hydrogens is 379 g/mol. The minimum atomic E-state index is -0.249. The van der Waals surface area contributed by atoms with Crippen molar-refractivity contribution in [2.45, 2.75) is 45.8 Å². The molecule has 1 fully saturated rings. The lowest BCUT2D eigenvalue weighted by Gasteiger charge is -2.26. The van der Waals surface area contributed by atoms with Crippen LogP contribution in [-0.4, -0.2) is 45.3 Å². The van der Waals surface area contributed by atoms with Crippen molar-refractivity contribution in [3.63, 3.8) is 0 Å². The summed E-state index contributed by atoms with van der Waals surface area (Å²) < 4.78 is 16.0. The summed E-state index contributed by atoms with van der Waals surface area (Å²) in [5, 5.41) is 4.50. The molecule has 1 atom stereocenters. The number of hydrogen-bond donors (Lipinski definition) is 0. The molecule has 1 aliphatic rings. The first kappa shape index (κ1) is 20.5. The van der Waals surface area contributed by atoms with Crippen molar-refractivity contribution in [1.29, 1.82) is 0 Å². The molecule has 0 amide bonds. The molecule has 6 nitrogen and oxygen atoms in total. The van der Waals surface area contributed by atoms with Crippen LogP contribution in [-0.2, 0) is 13.1 Å². The summed E-state index contributed by atoms with van der Waals surface area (Å²) >= 11 is 0. The number of benzene rings is 1. The fourth-order valence-corrected chi connectivity index (χ4v) is 4.24. The van der Waals surface area contributed by atoms with Gasteiger partial charge in [-0.05, 0) is 50.9 Å². The number of anilines is 1. The van der Waals surface area contributed by atoms with Crippen LogP contribution in [0.4, 0.5) is 10.3 Å². The predicted molar refractivity (Wildman–Crippen MR) is 117 cm³/mol. The van der Waals surface area contributed by atoms with Gasteiger partial charge in [0, 0.05) is 50.2 Å². The Kier molecular flexibility index (Phi) is 5.81. The third-order valence-corrected chi connectivity index (χ3v) is 5.90. The van der Waals surface area contributed by atoms with Gasteiger partial charge >= 0.3 is 0 Å². The lowest BCUT2D eigenvalue weighted by atomic mass is 9.99. The van der Waals surface area contributed by atoms with Crippen molar-refractivity contribution in [2.75, 3.05) is 25.5 Å². The van der Waals surface area contributed by atoms with E-state index < -0.39 is 0 Å². The third kappa shape index (κ3) is 3.94. The van der Waals surface area contributed by atoms with Gasteiger partial charge in [0.05, 0.1) is 17.9 Å². The molecule has 0 spiro atoms. The largest absolute Gasteiger partial charge is 0.347 e. The number of nitrogens with zero attached hydrogens (tertiary/aromatic N) is 6. The van der Waals surface area contributed by atoms with Gasteiger partial charge in [-0.3, -0.25) is 9.58 Å². The van der Waals surface area contributed by atoms with Crippen molar-refractivity contribution < 1.29 is 4.39 Å². The van der Waals surface area contributed by atoms with Gasteiger partial charge in [0.25, 0.3) is 0 Å². The van der Waals surface area contributed by atoms with Crippen LogP contribution in [0.2, 0.25) is 0 Å². The average Bonchev–Trinajstić information content (AvgIpc) is 3.34. The van der Waals surface area contributed by atoms with Crippen LogP contribution in [0.5, 0.6) is 0 Å². The number of rotatable bonds is 6. The number of aryl methyl sites for hydroxylation is 1. The maximum absolute atomic E-state index is 13.9. The zero-order valence-corrected chi connectivity index (χ0v) is 18.1. The summed E-state index contributed by atoms with van der Waals surface area (Å²) in [5.41, 5.74) is 5.15. The number of hydrogen-bond acceptors (Lipinski definition) is 5. The van der Waals surface area contributed by atoms with Gasteiger partial charge < -0.3 is 4.90 Å². The first-order valence-electron chi connectivity index (χ1n) is 10.5. The van der Waals surface area contributed by atoms with E-state index in [0.717, 1.165) is 49.3 Å². The number of likely N-dealkylation sites (tertiary alicyclic amines) is 1. The summed E-state index contributed by atoms with van der Waals surface area (Å²) in [5.74, 6) is 0.424. The fourth-order valence-electron chi connectivity index (χ4n) is 4.24. The molecule has 4 rings (SSSR count). The Hall–Kier alpha value is -2.80. The van der Waals surface area contributed by atoms with Crippen molar-refractivity contribution >= 4 is 5.95 Å². The van der Waals surface area contributed by atoms with E-state index >= 15 is 0 Å². The molecule has 0 saturated carbocycles. The summed E-state index contributed by atoms with van der Waals surface area (Å²) in [6.45, 7) is 6.95. The molecule has 0 unspecified atom stereocenters. The molecule has 0 bridgehead atoms. The Morgan fingerprint density at radius 2 is 2.07 bits per heavy atom. The van der Waals surface area contributed by atoms with E-state index in [1.54, 1.807) is 12.1 Å². The summed E-state index contributed by atoms with van der Waals surface area (Å²) in [7, 11) is 3.88. The molecule has 1 saturated heterocycles. The lowest BCUT2D eigenvalue weighted by molar-refractivity contribution is 0.244. The van der Waals surface area contributed by atoms with Crippen LogP contribution in [0, 0.1) is 12.7 Å². The van der Waals surface area contributed by atoms with Gasteiger partial charge in [-0.1, -0.05) is 12.1 Å². The van der Waals surface area contributed by atoms with Crippen molar-refractivity contribution in [1.82, 2.24) is 24.6 Å². The van der Waals surface area contributed by atoms with Crippen LogP contribution < -0.4 is 4.90 Å². The standard InChI is InChI=1S/C23H29FN6/c1-5-30-16(2)18(13-26-30)15-29-11-7-10-21(29)22-20(14-25-23(27-22)28(3)4)17-8-6-9-19(24)12-17/h6,8-9,12-14,21H,5,7,10-11,15H2,1-4H3/t21-/m0/s1. The van der Waals surface area contributed by atoms with Crippen molar-refractivity contribution in [2.24, 2.45) is 0 Å². The highest BCUT2D eigenvalue weighted by Gasteiger charge is 2.31. The highest BCUT2D eigenvalue weighted by atomic mass is 19.1. The maximum Gasteiger partial charge on any atom is 0.225 e. The van der Waals surface area contributed by atoms with Gasteiger partial charge in [0.15, 0.2) is 0 Å². The first-order valence-corrected chi connectivity index (χ1v) is 10.5. The second-order valence-electron chi connectivity index (χ2n) is 8.07. The van der Waals surface area contributed by atoms with E-state index in [4.69, 9.17) is 4.98 Å². The molecule has 30 heavy (non-hydrogen) atoms. The van der Waals surface area contributed by atoms with E-state index in [-0.39, 0.29) is 11.9 Å². The zero-order chi connectivity index (χ0) is 21.3. The van der Waals surface area contributed by atoms with Crippen LogP contribution in [0.3, 0.4) is 0 Å². The van der Waals surface area contributed by atoms with Gasteiger partial charge in [0.2, 0.25) is 5.95 Å². The molecule has 3 heterocycles. The van der Waals surface area contributed by atoms with E-state index in [0.29, 0.717) is 5.95 Å². The Labute approximate surface area is 177 Å². The Balaban J connectivity index is 1.73. The monoisotopic (exact) mass is 408 g/mol. The fraction of sp³-hybridized carbons (Fsp3) is 0.435. The normalized spacial score (nSPS) is 16.9. The topological polar surface area (TPSA) is 50.1 Å². The van der Waals surface area contributed by atoms with Crippen molar-refractivity contribution in [3.05, 3.63) is 59.4 Å². The number of aromatic nitrogens is 4. The Morgan fingerprint density at radius 3 is 2.77 bits per heavy atom. The minimum Gasteiger partial charge on any atom is -0.347 e. The molecule has 1 aliphatic heterocycles. The second kappa shape index (κ2) is 8.52. The molecule has 0 aliphatic carbocycles. The SMILES string of the molecule is CCn1ncc(CN2CCC[C@H]2c2nc(N(C)C)ncc2-c2cccc(F)c2)c1C. The molecule has 158 valence electrons. The minimum absolute atomic E-state index is 0.161. The smallest absolute Gasteiger partial charge is 0.225 e. The quantitative estimate of drug-likeness (QED) is 0.612. The lowest BCUT2D eigenvalue weighted by Crippen LogP contribution is -2.25. The molecule has 2 aromatic heterocycles. The van der Waals surface area contributed by atoms with Gasteiger partial charge in [-0.15, -0.1) is 0 Å². The summed E-state index contributed by atoms with van der Waals surface area (Å²) in [6.07, 6.45) is 5.94. The third-order valence-electron chi connectivity index (χ3n) is 5.90. The zero-order valence-electron chi connectivity index (χ0n) is 18.1. The predicted octanol–water partition coefficient (Wildman–Crippen LogP) is 4.21. The summed E-state index contributed by atoms with van der Waals surface area (Å²) in [6, 6.07) is 6.85. The highest BCUT2D eigenvalue weighted by molar-refractivity contribution is 5.66. The van der Waals surface area contributed by atoms with E-state index in [2.05, 4.69) is 28.8 Å². The average molecular weight is 409 g/mol. The highest BCUT2D eigenvalue weighted by Crippen LogP contribution is 2.38. The van der Waals surface area contributed by atoms with Crippen LogP contribution in [0.1, 0.15) is 42.8 Å². The molecular formula is C23H29FN6. The Bertz CT molecular complexity index is 1030. The maximum atomic E-state index is 13.9. The summed E-state index contributed by atoms with van der Waals surface area (Å²) in [4.78, 5) is 13.8.